The molecule has 1 aliphatic carbocycles. The minimum Gasteiger partial charge on any atom is -0.395 e. The fraction of sp³-hybridized carbons (Fsp3) is 0.538. The molecule has 0 bridgehead atoms. The van der Waals surface area contributed by atoms with Crippen LogP contribution in [0, 0.1) is 5.82 Å². The van der Waals surface area contributed by atoms with E-state index in [9.17, 15) is 9.50 Å². The largest absolute Gasteiger partial charge is 0.395 e. The normalized spacial score (nSPS) is 16.9. The Morgan fingerprint density at radius 2 is 2.18 bits per heavy atom. The molecule has 0 radical (unpaired) electrons. The molecule has 0 spiro atoms. The van der Waals surface area contributed by atoms with Gasteiger partial charge in [0.15, 0.2) is 0 Å². The van der Waals surface area contributed by atoms with Crippen LogP contribution in [0.15, 0.2) is 18.2 Å². The Bertz CT molecular complexity index is 391. The standard InChI is InChI=1S/C13H18FNO2/c1-9(17)12-8-10(14)2-5-13(12)15(6-7-16)11-3-4-11/h2,5,8-9,11,16-17H,3-4,6-7H2,1H3/t9-/m1/s1. The highest BCUT2D eigenvalue weighted by atomic mass is 19.1. The number of hydrogen-bond acceptors (Lipinski definition) is 3. The van der Waals surface area contributed by atoms with Crippen molar-refractivity contribution in [2.45, 2.75) is 31.9 Å². The van der Waals surface area contributed by atoms with Crippen LogP contribution in [0.3, 0.4) is 0 Å². The summed E-state index contributed by atoms with van der Waals surface area (Å²) in [6, 6.07) is 4.87. The van der Waals surface area contributed by atoms with E-state index < -0.39 is 6.10 Å². The molecule has 0 amide bonds. The van der Waals surface area contributed by atoms with Crippen molar-refractivity contribution >= 4 is 5.69 Å². The van der Waals surface area contributed by atoms with Gasteiger partial charge in [-0.25, -0.2) is 4.39 Å². The minimum absolute atomic E-state index is 0.0626. The third-order valence-corrected chi connectivity index (χ3v) is 3.08. The summed E-state index contributed by atoms with van der Waals surface area (Å²) in [4.78, 5) is 2.06. The van der Waals surface area contributed by atoms with Gasteiger partial charge in [-0.1, -0.05) is 0 Å². The van der Waals surface area contributed by atoms with E-state index in [1.807, 2.05) is 0 Å². The van der Waals surface area contributed by atoms with Crippen molar-refractivity contribution in [3.8, 4) is 0 Å². The number of anilines is 1. The van der Waals surface area contributed by atoms with Crippen LogP contribution < -0.4 is 4.90 Å². The first-order chi connectivity index (χ1) is 8.13. The molecule has 94 valence electrons. The van der Waals surface area contributed by atoms with Crippen molar-refractivity contribution in [2.75, 3.05) is 18.1 Å². The monoisotopic (exact) mass is 239 g/mol. The molecule has 1 aliphatic rings. The fourth-order valence-electron chi connectivity index (χ4n) is 2.12. The number of rotatable bonds is 5. The molecule has 1 atom stereocenters. The number of nitrogens with zero attached hydrogens (tertiary/aromatic N) is 1. The summed E-state index contributed by atoms with van der Waals surface area (Å²) in [5.41, 5.74) is 1.42. The van der Waals surface area contributed by atoms with Crippen molar-refractivity contribution in [1.82, 2.24) is 0 Å². The first-order valence-corrected chi connectivity index (χ1v) is 5.98. The number of hydrogen-bond donors (Lipinski definition) is 2. The summed E-state index contributed by atoms with van der Waals surface area (Å²) in [6.45, 7) is 2.21. The summed E-state index contributed by atoms with van der Waals surface area (Å²) in [5.74, 6) is -0.343. The van der Waals surface area contributed by atoms with Gasteiger partial charge in [-0.15, -0.1) is 0 Å². The van der Waals surface area contributed by atoms with Gasteiger partial charge in [0.1, 0.15) is 5.82 Å². The highest BCUT2D eigenvalue weighted by Crippen LogP contribution is 2.35. The highest BCUT2D eigenvalue weighted by molar-refractivity contribution is 5.56. The number of aliphatic hydroxyl groups excluding tert-OH is 2. The average molecular weight is 239 g/mol. The molecule has 17 heavy (non-hydrogen) atoms. The van der Waals surface area contributed by atoms with E-state index in [1.165, 1.54) is 12.1 Å². The molecule has 2 rings (SSSR count). The Morgan fingerprint density at radius 1 is 1.47 bits per heavy atom. The summed E-state index contributed by atoms with van der Waals surface area (Å²) < 4.78 is 13.2. The Balaban J connectivity index is 2.34. The van der Waals surface area contributed by atoms with Crippen molar-refractivity contribution in [3.05, 3.63) is 29.6 Å². The molecule has 0 heterocycles. The number of benzene rings is 1. The second-order valence-electron chi connectivity index (χ2n) is 4.53. The van der Waals surface area contributed by atoms with E-state index in [0.717, 1.165) is 18.5 Å². The zero-order chi connectivity index (χ0) is 12.4. The number of aliphatic hydroxyl groups is 2. The second-order valence-corrected chi connectivity index (χ2v) is 4.53. The lowest BCUT2D eigenvalue weighted by Crippen LogP contribution is -2.30. The number of halogens is 1. The molecule has 3 nitrogen and oxygen atoms in total. The van der Waals surface area contributed by atoms with E-state index in [2.05, 4.69) is 4.90 Å². The molecule has 2 N–H and O–H groups in total. The van der Waals surface area contributed by atoms with Crippen LogP contribution in [0.5, 0.6) is 0 Å². The molecule has 4 heteroatoms. The molecule has 1 fully saturated rings. The fourth-order valence-corrected chi connectivity index (χ4v) is 2.12. The third-order valence-electron chi connectivity index (χ3n) is 3.08. The van der Waals surface area contributed by atoms with Gasteiger partial charge < -0.3 is 15.1 Å². The van der Waals surface area contributed by atoms with Crippen molar-refractivity contribution in [2.24, 2.45) is 0 Å². The van der Waals surface area contributed by atoms with Gasteiger partial charge in [0.05, 0.1) is 12.7 Å². The maximum Gasteiger partial charge on any atom is 0.123 e. The molecular weight excluding hydrogens is 221 g/mol. The Hall–Kier alpha value is -1.13. The van der Waals surface area contributed by atoms with Crippen LogP contribution >= 0.6 is 0 Å². The predicted molar refractivity (Wildman–Crippen MR) is 64.5 cm³/mol. The SMILES string of the molecule is C[C@@H](O)c1cc(F)ccc1N(CCO)C1CC1. The lowest BCUT2D eigenvalue weighted by Gasteiger charge is -2.27. The Kier molecular flexibility index (Phi) is 3.64. The molecule has 1 saturated carbocycles. The minimum atomic E-state index is -0.708. The molecule has 0 aromatic heterocycles. The summed E-state index contributed by atoms with van der Waals surface area (Å²) in [6.07, 6.45) is 1.48. The average Bonchev–Trinajstić information content (AvgIpc) is 3.10. The molecule has 0 aliphatic heterocycles. The molecule has 0 saturated heterocycles. The van der Waals surface area contributed by atoms with Gasteiger partial charge in [0, 0.05) is 23.8 Å². The lowest BCUT2D eigenvalue weighted by molar-refractivity contribution is 0.199. The third kappa shape index (κ3) is 2.76. The zero-order valence-electron chi connectivity index (χ0n) is 9.93. The molecular formula is C13H18FNO2. The lowest BCUT2D eigenvalue weighted by atomic mass is 10.1. The van der Waals surface area contributed by atoms with Crippen LogP contribution in [0.2, 0.25) is 0 Å². The van der Waals surface area contributed by atoms with Crippen molar-refractivity contribution in [3.63, 3.8) is 0 Å². The quantitative estimate of drug-likeness (QED) is 0.824. The van der Waals surface area contributed by atoms with Crippen LogP contribution in [-0.4, -0.2) is 29.4 Å². The van der Waals surface area contributed by atoms with E-state index in [-0.39, 0.29) is 12.4 Å². The van der Waals surface area contributed by atoms with Gasteiger partial charge in [0.25, 0.3) is 0 Å². The summed E-state index contributed by atoms with van der Waals surface area (Å²) in [7, 11) is 0. The molecule has 1 aromatic rings. The van der Waals surface area contributed by atoms with Gasteiger partial charge in [-0.05, 0) is 38.0 Å². The van der Waals surface area contributed by atoms with Gasteiger partial charge in [-0.2, -0.15) is 0 Å². The van der Waals surface area contributed by atoms with E-state index in [1.54, 1.807) is 13.0 Å². The second kappa shape index (κ2) is 5.02. The van der Waals surface area contributed by atoms with E-state index >= 15 is 0 Å². The van der Waals surface area contributed by atoms with Crippen LogP contribution in [0.25, 0.3) is 0 Å². The first-order valence-electron chi connectivity index (χ1n) is 5.98. The van der Waals surface area contributed by atoms with Crippen LogP contribution in [0.1, 0.15) is 31.4 Å². The Labute approximate surface area is 100 Å². The van der Waals surface area contributed by atoms with Gasteiger partial charge in [0.2, 0.25) is 0 Å². The summed E-state index contributed by atoms with van der Waals surface area (Å²) in [5, 5.41) is 18.8. The first kappa shape index (κ1) is 12.3. The molecule has 0 unspecified atom stereocenters. The Morgan fingerprint density at radius 3 is 2.71 bits per heavy atom. The van der Waals surface area contributed by atoms with Crippen LogP contribution in [0.4, 0.5) is 10.1 Å². The van der Waals surface area contributed by atoms with E-state index in [4.69, 9.17) is 5.11 Å². The summed E-state index contributed by atoms with van der Waals surface area (Å²) >= 11 is 0. The predicted octanol–water partition coefficient (Wildman–Crippen LogP) is 1.84. The van der Waals surface area contributed by atoms with Crippen molar-refractivity contribution in [1.29, 1.82) is 0 Å². The van der Waals surface area contributed by atoms with Gasteiger partial charge >= 0.3 is 0 Å². The zero-order valence-corrected chi connectivity index (χ0v) is 9.93. The van der Waals surface area contributed by atoms with Crippen molar-refractivity contribution < 1.29 is 14.6 Å². The maximum atomic E-state index is 13.2. The highest BCUT2D eigenvalue weighted by Gasteiger charge is 2.30. The maximum absolute atomic E-state index is 13.2. The van der Waals surface area contributed by atoms with Gasteiger partial charge in [-0.3, -0.25) is 0 Å². The van der Waals surface area contributed by atoms with E-state index in [0.29, 0.717) is 18.2 Å². The smallest absolute Gasteiger partial charge is 0.123 e. The topological polar surface area (TPSA) is 43.7 Å². The molecule has 1 aromatic carbocycles. The van der Waals surface area contributed by atoms with Crippen LogP contribution in [-0.2, 0) is 0 Å².